The fourth-order valence-corrected chi connectivity index (χ4v) is 3.87. The van der Waals surface area contributed by atoms with Crippen LogP contribution in [0.15, 0.2) is 58.1 Å². The van der Waals surface area contributed by atoms with Crippen LogP contribution in [0, 0.1) is 0 Å². The Balaban J connectivity index is 0.00000300. The summed E-state index contributed by atoms with van der Waals surface area (Å²) in [5.74, 6) is 1.82. The van der Waals surface area contributed by atoms with Crippen LogP contribution in [0.2, 0.25) is 0 Å². The maximum atomic E-state index is 4.37. The number of guanidine groups is 1. The summed E-state index contributed by atoms with van der Waals surface area (Å²) in [5.41, 5.74) is 1.26. The van der Waals surface area contributed by atoms with E-state index in [-0.39, 0.29) is 24.0 Å². The quantitative estimate of drug-likeness (QED) is 0.192. The van der Waals surface area contributed by atoms with Crippen molar-refractivity contribution in [3.8, 4) is 0 Å². The summed E-state index contributed by atoms with van der Waals surface area (Å²) in [6.07, 6.45) is 5.07. The Morgan fingerprint density at radius 3 is 2.72 bits per heavy atom. The van der Waals surface area contributed by atoms with Crippen LogP contribution in [0.5, 0.6) is 0 Å². The van der Waals surface area contributed by atoms with Crippen molar-refractivity contribution in [2.45, 2.75) is 25.3 Å². The summed E-state index contributed by atoms with van der Waals surface area (Å²) in [7, 11) is 1.83. The Morgan fingerprint density at radius 1 is 1.17 bits per heavy atom. The van der Waals surface area contributed by atoms with Gasteiger partial charge in [0.25, 0.3) is 0 Å². The zero-order valence-electron chi connectivity index (χ0n) is 16.8. The van der Waals surface area contributed by atoms with Crippen LogP contribution in [-0.4, -0.2) is 50.2 Å². The zero-order chi connectivity index (χ0) is 19.6. The fraction of sp³-hybridized carbons (Fsp3) is 0.429. The normalized spacial score (nSPS) is 16.3. The largest absolute Gasteiger partial charge is 0.370 e. The van der Waals surface area contributed by atoms with Gasteiger partial charge >= 0.3 is 0 Å². The molecule has 1 unspecified atom stereocenters. The lowest BCUT2D eigenvalue weighted by atomic mass is 10.2. The van der Waals surface area contributed by atoms with E-state index in [1.54, 1.807) is 6.20 Å². The predicted octanol–water partition coefficient (Wildman–Crippen LogP) is 4.10. The second kappa shape index (κ2) is 12.9. The Morgan fingerprint density at radius 2 is 1.97 bits per heavy atom. The van der Waals surface area contributed by atoms with E-state index in [4.69, 9.17) is 0 Å². The van der Waals surface area contributed by atoms with E-state index >= 15 is 0 Å². The molecule has 0 aliphatic carbocycles. The first-order valence-electron chi connectivity index (χ1n) is 9.88. The van der Waals surface area contributed by atoms with E-state index in [9.17, 15) is 0 Å². The van der Waals surface area contributed by atoms with Crippen LogP contribution in [-0.2, 0) is 0 Å². The number of pyridine rings is 1. The first-order chi connectivity index (χ1) is 13.8. The summed E-state index contributed by atoms with van der Waals surface area (Å²) in [6.45, 7) is 3.87. The maximum Gasteiger partial charge on any atom is 0.191 e. The third-order valence-electron chi connectivity index (χ3n) is 4.81. The number of nitrogens with one attached hydrogen (secondary N) is 3. The molecule has 0 amide bonds. The first-order valence-corrected chi connectivity index (χ1v) is 10.7. The average Bonchev–Trinajstić information content (AvgIpc) is 3.19. The Labute approximate surface area is 199 Å². The maximum absolute atomic E-state index is 4.37. The van der Waals surface area contributed by atoms with Gasteiger partial charge in [0.2, 0.25) is 0 Å². The van der Waals surface area contributed by atoms with Gasteiger partial charge in [-0.05, 0) is 59.5 Å². The summed E-state index contributed by atoms with van der Waals surface area (Å²) in [6, 6.07) is 14.7. The lowest BCUT2D eigenvalue weighted by molar-refractivity contribution is 0.639. The number of para-hydroxylation sites is 1. The molecule has 1 fully saturated rings. The molecule has 0 bridgehead atoms. The molecule has 0 radical (unpaired) electrons. The third-order valence-corrected chi connectivity index (χ3v) is 5.48. The molecule has 1 saturated heterocycles. The number of anilines is 2. The van der Waals surface area contributed by atoms with Crippen molar-refractivity contribution in [2.75, 3.05) is 43.4 Å². The van der Waals surface area contributed by atoms with Crippen molar-refractivity contribution in [3.05, 3.63) is 53.1 Å². The molecule has 0 saturated carbocycles. The van der Waals surface area contributed by atoms with E-state index < -0.39 is 0 Å². The van der Waals surface area contributed by atoms with Crippen molar-refractivity contribution in [2.24, 2.45) is 4.99 Å². The molecule has 29 heavy (non-hydrogen) atoms. The monoisotopic (exact) mass is 572 g/mol. The molecule has 1 aromatic carbocycles. The number of aromatic nitrogens is 1. The number of aliphatic imine (C=N–C) groups is 1. The zero-order valence-corrected chi connectivity index (χ0v) is 20.7. The summed E-state index contributed by atoms with van der Waals surface area (Å²) in [4.78, 5) is 11.1. The van der Waals surface area contributed by atoms with E-state index in [2.05, 4.69) is 71.0 Å². The van der Waals surface area contributed by atoms with Crippen molar-refractivity contribution in [1.82, 2.24) is 15.6 Å². The van der Waals surface area contributed by atoms with Gasteiger partial charge in [-0.1, -0.05) is 18.2 Å². The standard InChI is InChI=1S/C21H29BrN6.HI/c1-23-21(26-14-7-6-13-25-20-10-4-5-12-24-20)27-17-11-15-28(16-17)19-9-3-2-8-18(19)22;/h2-5,8-10,12,17H,6-7,11,13-16H2,1H3,(H,24,25)(H2,23,26,27);1H. The van der Waals surface area contributed by atoms with Crippen molar-refractivity contribution >= 4 is 57.4 Å². The van der Waals surface area contributed by atoms with E-state index in [0.717, 1.165) is 61.7 Å². The minimum Gasteiger partial charge on any atom is -0.370 e. The molecule has 2 aromatic rings. The molecular formula is C21H30BrIN6. The molecule has 2 heterocycles. The highest BCUT2D eigenvalue weighted by Crippen LogP contribution is 2.28. The molecule has 1 aliphatic rings. The number of unbranched alkanes of at least 4 members (excludes halogenated alkanes) is 1. The van der Waals surface area contributed by atoms with Crippen LogP contribution < -0.4 is 20.9 Å². The third kappa shape index (κ3) is 7.65. The van der Waals surface area contributed by atoms with Crippen LogP contribution >= 0.6 is 39.9 Å². The Bertz CT molecular complexity index is 758. The van der Waals surface area contributed by atoms with Gasteiger partial charge in [-0.3, -0.25) is 4.99 Å². The van der Waals surface area contributed by atoms with Gasteiger partial charge in [0.05, 0.1) is 5.69 Å². The topological polar surface area (TPSA) is 64.6 Å². The van der Waals surface area contributed by atoms with Crippen LogP contribution in [0.1, 0.15) is 19.3 Å². The van der Waals surface area contributed by atoms with Crippen LogP contribution in [0.4, 0.5) is 11.5 Å². The summed E-state index contributed by atoms with van der Waals surface area (Å²) < 4.78 is 1.15. The molecule has 1 aromatic heterocycles. The molecule has 1 aliphatic heterocycles. The second-order valence-electron chi connectivity index (χ2n) is 6.88. The minimum absolute atomic E-state index is 0. The smallest absolute Gasteiger partial charge is 0.191 e. The number of rotatable bonds is 8. The van der Waals surface area contributed by atoms with Gasteiger partial charge in [-0.2, -0.15) is 0 Å². The number of nitrogens with zero attached hydrogens (tertiary/aromatic N) is 3. The number of benzene rings is 1. The molecule has 158 valence electrons. The second-order valence-corrected chi connectivity index (χ2v) is 7.73. The van der Waals surface area contributed by atoms with Crippen molar-refractivity contribution in [1.29, 1.82) is 0 Å². The molecule has 1 atom stereocenters. The Hall–Kier alpha value is -1.55. The van der Waals surface area contributed by atoms with Gasteiger partial charge in [0.1, 0.15) is 5.82 Å². The van der Waals surface area contributed by atoms with E-state index in [1.807, 2.05) is 25.2 Å². The predicted molar refractivity (Wildman–Crippen MR) is 137 cm³/mol. The molecule has 0 spiro atoms. The molecule has 8 heteroatoms. The first kappa shape index (κ1) is 23.7. The van der Waals surface area contributed by atoms with Gasteiger partial charge in [0, 0.05) is 49.9 Å². The van der Waals surface area contributed by atoms with E-state index in [0.29, 0.717) is 6.04 Å². The summed E-state index contributed by atoms with van der Waals surface area (Å²) >= 11 is 3.65. The fourth-order valence-electron chi connectivity index (χ4n) is 3.33. The Kier molecular flexibility index (Phi) is 10.5. The van der Waals surface area contributed by atoms with E-state index in [1.165, 1.54) is 5.69 Å². The molecule has 3 rings (SSSR count). The molecule has 6 nitrogen and oxygen atoms in total. The highest BCUT2D eigenvalue weighted by molar-refractivity contribution is 14.0. The molecular weight excluding hydrogens is 543 g/mol. The average molecular weight is 573 g/mol. The van der Waals surface area contributed by atoms with Crippen molar-refractivity contribution in [3.63, 3.8) is 0 Å². The lowest BCUT2D eigenvalue weighted by Gasteiger charge is -2.21. The van der Waals surface area contributed by atoms with Crippen LogP contribution in [0.25, 0.3) is 0 Å². The highest BCUT2D eigenvalue weighted by Gasteiger charge is 2.24. The lowest BCUT2D eigenvalue weighted by Crippen LogP contribution is -2.44. The summed E-state index contributed by atoms with van der Waals surface area (Å²) in [5, 5.41) is 10.3. The van der Waals surface area contributed by atoms with Gasteiger partial charge in [0.15, 0.2) is 5.96 Å². The van der Waals surface area contributed by atoms with Gasteiger partial charge in [-0.15, -0.1) is 24.0 Å². The SMILES string of the molecule is CN=C(NCCCCNc1ccccn1)NC1CCN(c2ccccc2Br)C1.I. The number of hydrogen-bond acceptors (Lipinski definition) is 4. The van der Waals surface area contributed by atoms with Crippen LogP contribution in [0.3, 0.4) is 0 Å². The van der Waals surface area contributed by atoms with Gasteiger partial charge < -0.3 is 20.9 Å². The molecule has 3 N–H and O–H groups in total. The number of halogens is 2. The van der Waals surface area contributed by atoms with Gasteiger partial charge in [-0.25, -0.2) is 4.98 Å². The van der Waals surface area contributed by atoms with Crippen molar-refractivity contribution < 1.29 is 0 Å². The highest BCUT2D eigenvalue weighted by atomic mass is 127. The minimum atomic E-state index is 0. The number of hydrogen-bond donors (Lipinski definition) is 3.